The number of aromatic nitrogens is 1. The van der Waals surface area contributed by atoms with Crippen molar-refractivity contribution in [3.63, 3.8) is 0 Å². The number of nitrogens with one attached hydrogen (secondary N) is 1. The molecule has 3 rings (SSSR count). The molecule has 0 saturated carbocycles. The van der Waals surface area contributed by atoms with Crippen LogP contribution in [0.5, 0.6) is 0 Å². The lowest BCUT2D eigenvalue weighted by atomic mass is 10.1. The third-order valence-corrected chi connectivity index (χ3v) is 6.35. The lowest BCUT2D eigenvalue weighted by Gasteiger charge is -2.27. The fraction of sp³-hybridized carbons (Fsp3) is 0.625. The van der Waals surface area contributed by atoms with E-state index in [-0.39, 0.29) is 29.8 Å². The van der Waals surface area contributed by atoms with Crippen LogP contribution < -0.4 is 10.2 Å². The molecule has 1 N–H and O–H groups in total. The van der Waals surface area contributed by atoms with Crippen LogP contribution >= 0.6 is 0 Å². The third kappa shape index (κ3) is 4.43. The van der Waals surface area contributed by atoms with Gasteiger partial charge in [0, 0.05) is 19.5 Å². The quantitative estimate of drug-likeness (QED) is 0.907. The second kappa shape index (κ2) is 6.86. The van der Waals surface area contributed by atoms with Crippen LogP contribution in [0.2, 0.25) is 0 Å². The molecule has 1 aromatic rings. The fourth-order valence-corrected chi connectivity index (χ4v) is 5.14. The molecule has 0 spiro atoms. The number of pyridine rings is 1. The van der Waals surface area contributed by atoms with Gasteiger partial charge in [-0.1, -0.05) is 0 Å². The number of nitrogens with zero attached hydrogens (tertiary/aromatic N) is 2. The first kappa shape index (κ1) is 16.2. The zero-order chi connectivity index (χ0) is 16.3. The molecule has 126 valence electrons. The van der Waals surface area contributed by atoms with Crippen LogP contribution in [0.25, 0.3) is 0 Å². The molecule has 0 bridgehead atoms. The van der Waals surface area contributed by atoms with Crippen LogP contribution in [-0.4, -0.2) is 43.9 Å². The molecular weight excluding hydrogens is 314 g/mol. The number of sulfone groups is 1. The summed E-state index contributed by atoms with van der Waals surface area (Å²) in [6.07, 6.45) is 6.19. The number of hydrogen-bond donors (Lipinski definition) is 1. The standard InChI is InChI=1S/C16H23N3O3S/c20-16(10-13-6-9-23(21,22)12-13)18-14-4-5-15(17-11-14)19-7-2-1-3-8-19/h4-5,11,13H,1-3,6-10,12H2,(H,18,20)/t13-/m0/s1. The molecule has 2 aliphatic heterocycles. The van der Waals surface area contributed by atoms with Crippen molar-refractivity contribution in [2.75, 3.05) is 34.8 Å². The Morgan fingerprint density at radius 3 is 2.65 bits per heavy atom. The van der Waals surface area contributed by atoms with Gasteiger partial charge in [0.15, 0.2) is 9.84 Å². The van der Waals surface area contributed by atoms with E-state index < -0.39 is 9.84 Å². The molecule has 2 aliphatic rings. The van der Waals surface area contributed by atoms with Gasteiger partial charge in [-0.25, -0.2) is 13.4 Å². The Labute approximate surface area is 137 Å². The van der Waals surface area contributed by atoms with Crippen LogP contribution in [0.3, 0.4) is 0 Å². The SMILES string of the molecule is O=C(C[C@@H]1CCS(=O)(=O)C1)Nc1ccc(N2CCCCC2)nc1. The normalized spacial score (nSPS) is 23.7. The first-order valence-electron chi connectivity index (χ1n) is 8.23. The topological polar surface area (TPSA) is 79.4 Å². The predicted octanol–water partition coefficient (Wildman–Crippen LogP) is 1.84. The Morgan fingerprint density at radius 1 is 1.26 bits per heavy atom. The van der Waals surface area contributed by atoms with Crippen molar-refractivity contribution in [2.45, 2.75) is 32.1 Å². The molecule has 2 saturated heterocycles. The number of amides is 1. The van der Waals surface area contributed by atoms with Gasteiger partial charge in [0.1, 0.15) is 5.82 Å². The Kier molecular flexibility index (Phi) is 4.84. The maximum atomic E-state index is 12.0. The van der Waals surface area contributed by atoms with E-state index in [1.165, 1.54) is 19.3 Å². The summed E-state index contributed by atoms with van der Waals surface area (Å²) < 4.78 is 22.8. The molecule has 23 heavy (non-hydrogen) atoms. The molecule has 0 unspecified atom stereocenters. The summed E-state index contributed by atoms with van der Waals surface area (Å²) in [6, 6.07) is 3.79. The van der Waals surface area contributed by atoms with Crippen molar-refractivity contribution >= 4 is 27.2 Å². The lowest BCUT2D eigenvalue weighted by Crippen LogP contribution is -2.30. The minimum atomic E-state index is -2.93. The van der Waals surface area contributed by atoms with Crippen LogP contribution in [0.15, 0.2) is 18.3 Å². The predicted molar refractivity (Wildman–Crippen MR) is 90.3 cm³/mol. The highest BCUT2D eigenvalue weighted by Gasteiger charge is 2.29. The Morgan fingerprint density at radius 2 is 2.04 bits per heavy atom. The summed E-state index contributed by atoms with van der Waals surface area (Å²) in [7, 11) is -2.93. The van der Waals surface area contributed by atoms with Gasteiger partial charge in [-0.15, -0.1) is 0 Å². The summed E-state index contributed by atoms with van der Waals surface area (Å²) in [5.41, 5.74) is 0.664. The van der Waals surface area contributed by atoms with Crippen molar-refractivity contribution in [1.82, 2.24) is 4.98 Å². The molecule has 1 aromatic heterocycles. The van der Waals surface area contributed by atoms with E-state index in [2.05, 4.69) is 15.2 Å². The average molecular weight is 337 g/mol. The van der Waals surface area contributed by atoms with Crippen LogP contribution in [-0.2, 0) is 14.6 Å². The molecule has 3 heterocycles. The van der Waals surface area contributed by atoms with E-state index in [4.69, 9.17) is 0 Å². The molecule has 0 aliphatic carbocycles. The molecular formula is C16H23N3O3S. The number of carbonyl (C=O) groups excluding carboxylic acids is 1. The summed E-state index contributed by atoms with van der Waals surface area (Å²) in [4.78, 5) is 18.7. The van der Waals surface area contributed by atoms with Gasteiger partial charge in [-0.3, -0.25) is 4.79 Å². The van der Waals surface area contributed by atoms with E-state index in [9.17, 15) is 13.2 Å². The summed E-state index contributed by atoms with van der Waals surface area (Å²) >= 11 is 0. The average Bonchev–Trinajstić information content (AvgIpc) is 2.87. The highest BCUT2D eigenvalue weighted by Crippen LogP contribution is 2.23. The lowest BCUT2D eigenvalue weighted by molar-refractivity contribution is -0.116. The van der Waals surface area contributed by atoms with Gasteiger partial charge in [0.25, 0.3) is 0 Å². The molecule has 0 radical (unpaired) electrons. The van der Waals surface area contributed by atoms with Crippen molar-refractivity contribution in [3.8, 4) is 0 Å². The Bertz CT molecular complexity index is 652. The number of hydrogen-bond acceptors (Lipinski definition) is 5. The fourth-order valence-electron chi connectivity index (χ4n) is 3.28. The van der Waals surface area contributed by atoms with E-state index >= 15 is 0 Å². The summed E-state index contributed by atoms with van der Waals surface area (Å²) in [6.45, 7) is 2.07. The number of rotatable bonds is 4. The molecule has 6 nitrogen and oxygen atoms in total. The highest BCUT2D eigenvalue weighted by atomic mass is 32.2. The second-order valence-electron chi connectivity index (χ2n) is 6.47. The van der Waals surface area contributed by atoms with E-state index in [1.54, 1.807) is 6.20 Å². The molecule has 1 amide bonds. The highest BCUT2D eigenvalue weighted by molar-refractivity contribution is 7.91. The first-order valence-corrected chi connectivity index (χ1v) is 10.1. The minimum absolute atomic E-state index is 0.0550. The maximum absolute atomic E-state index is 12.0. The zero-order valence-corrected chi connectivity index (χ0v) is 14.0. The van der Waals surface area contributed by atoms with Crippen molar-refractivity contribution in [2.24, 2.45) is 5.92 Å². The minimum Gasteiger partial charge on any atom is -0.357 e. The first-order chi connectivity index (χ1) is 11.0. The zero-order valence-electron chi connectivity index (χ0n) is 13.2. The Balaban J connectivity index is 1.52. The number of carbonyl (C=O) groups is 1. The van der Waals surface area contributed by atoms with Crippen LogP contribution in [0, 0.1) is 5.92 Å². The number of anilines is 2. The third-order valence-electron chi connectivity index (χ3n) is 4.51. The van der Waals surface area contributed by atoms with Crippen molar-refractivity contribution in [1.29, 1.82) is 0 Å². The van der Waals surface area contributed by atoms with Crippen LogP contribution in [0.4, 0.5) is 11.5 Å². The molecule has 1 atom stereocenters. The molecule has 0 aromatic carbocycles. The van der Waals surface area contributed by atoms with Gasteiger partial charge in [-0.2, -0.15) is 0 Å². The summed E-state index contributed by atoms with van der Waals surface area (Å²) in [5.74, 6) is 1.09. The van der Waals surface area contributed by atoms with E-state index in [1.807, 2.05) is 12.1 Å². The number of piperidine rings is 1. The second-order valence-corrected chi connectivity index (χ2v) is 8.70. The maximum Gasteiger partial charge on any atom is 0.224 e. The monoisotopic (exact) mass is 337 g/mol. The summed E-state index contributed by atoms with van der Waals surface area (Å²) in [5, 5.41) is 2.81. The van der Waals surface area contributed by atoms with Gasteiger partial charge < -0.3 is 10.2 Å². The largest absolute Gasteiger partial charge is 0.357 e. The molecule has 2 fully saturated rings. The molecule has 7 heteroatoms. The van der Waals surface area contributed by atoms with Gasteiger partial charge in [0.2, 0.25) is 5.91 Å². The van der Waals surface area contributed by atoms with Crippen molar-refractivity contribution in [3.05, 3.63) is 18.3 Å². The van der Waals surface area contributed by atoms with E-state index in [0.29, 0.717) is 12.1 Å². The van der Waals surface area contributed by atoms with E-state index in [0.717, 1.165) is 18.9 Å². The van der Waals surface area contributed by atoms with Gasteiger partial charge in [-0.05, 0) is 43.7 Å². The van der Waals surface area contributed by atoms with Crippen molar-refractivity contribution < 1.29 is 13.2 Å². The smallest absolute Gasteiger partial charge is 0.224 e. The Hall–Kier alpha value is -1.63. The van der Waals surface area contributed by atoms with Gasteiger partial charge in [0.05, 0.1) is 23.4 Å². The van der Waals surface area contributed by atoms with Gasteiger partial charge >= 0.3 is 0 Å². The van der Waals surface area contributed by atoms with Crippen LogP contribution in [0.1, 0.15) is 32.1 Å².